The number of amides is 1. The zero-order chi connectivity index (χ0) is 16.9. The van der Waals surface area contributed by atoms with Crippen molar-refractivity contribution in [3.63, 3.8) is 0 Å². The smallest absolute Gasteiger partial charge is 0.254 e. The highest BCUT2D eigenvalue weighted by Crippen LogP contribution is 2.12. The Morgan fingerprint density at radius 2 is 2.13 bits per heavy atom. The summed E-state index contributed by atoms with van der Waals surface area (Å²) >= 11 is 0. The Kier molecular flexibility index (Phi) is 6.11. The summed E-state index contributed by atoms with van der Waals surface area (Å²) in [6.07, 6.45) is -1.34. The average molecular weight is 342 g/mol. The summed E-state index contributed by atoms with van der Waals surface area (Å²) in [6.45, 7) is 2.42. The van der Waals surface area contributed by atoms with Crippen LogP contribution in [0.25, 0.3) is 0 Å². The standard InChI is InChI=1S/C15H22N2O5S/c1-12(18)9-16-23(20,21)11-14-10-17(7-8-22-14)15(19)13-5-3-2-4-6-13/h2-6,12,14,16,18H,7-11H2,1H3. The Hall–Kier alpha value is -1.48. The van der Waals surface area contributed by atoms with E-state index in [0.29, 0.717) is 18.7 Å². The van der Waals surface area contributed by atoms with Crippen LogP contribution in [-0.4, -0.2) is 68.5 Å². The van der Waals surface area contributed by atoms with Crippen molar-refractivity contribution in [1.29, 1.82) is 0 Å². The minimum atomic E-state index is -3.56. The minimum Gasteiger partial charge on any atom is -0.392 e. The monoisotopic (exact) mass is 342 g/mol. The Bertz CT molecular complexity index is 618. The van der Waals surface area contributed by atoms with Crippen molar-refractivity contribution >= 4 is 15.9 Å². The van der Waals surface area contributed by atoms with Crippen LogP contribution in [0, 0.1) is 0 Å². The highest BCUT2D eigenvalue weighted by Gasteiger charge is 2.28. The number of hydrogen-bond acceptors (Lipinski definition) is 5. The summed E-state index contributed by atoms with van der Waals surface area (Å²) < 4.78 is 31.7. The molecule has 1 aromatic rings. The molecule has 2 atom stereocenters. The van der Waals surface area contributed by atoms with E-state index in [9.17, 15) is 13.2 Å². The number of aliphatic hydroxyl groups is 1. The van der Waals surface area contributed by atoms with Crippen molar-refractivity contribution in [3.8, 4) is 0 Å². The lowest BCUT2D eigenvalue weighted by molar-refractivity contribution is -0.0110. The van der Waals surface area contributed by atoms with E-state index in [4.69, 9.17) is 9.84 Å². The van der Waals surface area contributed by atoms with Gasteiger partial charge in [-0.15, -0.1) is 0 Å². The number of carbonyl (C=O) groups is 1. The first-order valence-corrected chi connectivity index (χ1v) is 9.14. The van der Waals surface area contributed by atoms with Crippen molar-refractivity contribution in [2.75, 3.05) is 32.0 Å². The molecular weight excluding hydrogens is 320 g/mol. The molecule has 2 unspecified atom stereocenters. The lowest BCUT2D eigenvalue weighted by Gasteiger charge is -2.33. The molecule has 0 aliphatic carbocycles. The lowest BCUT2D eigenvalue weighted by atomic mass is 10.2. The third-order valence-corrected chi connectivity index (χ3v) is 4.87. The van der Waals surface area contributed by atoms with E-state index in [1.165, 1.54) is 6.92 Å². The van der Waals surface area contributed by atoms with Gasteiger partial charge in [-0.05, 0) is 19.1 Å². The van der Waals surface area contributed by atoms with Gasteiger partial charge in [0, 0.05) is 25.2 Å². The highest BCUT2D eigenvalue weighted by molar-refractivity contribution is 7.89. The molecule has 1 aliphatic rings. The quantitative estimate of drug-likeness (QED) is 0.748. The van der Waals surface area contributed by atoms with Crippen molar-refractivity contribution in [2.24, 2.45) is 0 Å². The maximum Gasteiger partial charge on any atom is 0.254 e. The van der Waals surface area contributed by atoms with Gasteiger partial charge in [-0.3, -0.25) is 4.79 Å². The summed E-state index contributed by atoms with van der Waals surface area (Å²) in [5.41, 5.74) is 0.572. The van der Waals surface area contributed by atoms with Crippen molar-refractivity contribution in [1.82, 2.24) is 9.62 Å². The van der Waals surface area contributed by atoms with Crippen LogP contribution in [0.4, 0.5) is 0 Å². The Balaban J connectivity index is 1.94. The topological polar surface area (TPSA) is 95.9 Å². The maximum absolute atomic E-state index is 12.4. The summed E-state index contributed by atoms with van der Waals surface area (Å²) in [4.78, 5) is 14.0. The number of ether oxygens (including phenoxy) is 1. The van der Waals surface area contributed by atoms with Crippen LogP contribution < -0.4 is 4.72 Å². The number of carbonyl (C=O) groups excluding carboxylic acids is 1. The molecule has 7 nitrogen and oxygen atoms in total. The number of nitrogens with zero attached hydrogens (tertiary/aromatic N) is 1. The first-order chi connectivity index (χ1) is 10.9. The zero-order valence-electron chi connectivity index (χ0n) is 13.0. The van der Waals surface area contributed by atoms with Crippen molar-refractivity contribution in [2.45, 2.75) is 19.1 Å². The Labute approximate surface area is 136 Å². The van der Waals surface area contributed by atoms with Crippen LogP contribution in [0.2, 0.25) is 0 Å². The number of morpholine rings is 1. The van der Waals surface area contributed by atoms with Gasteiger partial charge in [0.25, 0.3) is 5.91 Å². The second kappa shape index (κ2) is 7.87. The molecule has 0 spiro atoms. The van der Waals surface area contributed by atoms with Crippen LogP contribution in [0.3, 0.4) is 0 Å². The van der Waals surface area contributed by atoms with Gasteiger partial charge in [0.15, 0.2) is 0 Å². The molecule has 2 N–H and O–H groups in total. The van der Waals surface area contributed by atoms with E-state index in [2.05, 4.69) is 4.72 Å². The van der Waals surface area contributed by atoms with Crippen LogP contribution in [0.5, 0.6) is 0 Å². The second-order valence-corrected chi connectivity index (χ2v) is 7.44. The number of sulfonamides is 1. The van der Waals surface area contributed by atoms with Crippen molar-refractivity contribution < 1.29 is 23.1 Å². The summed E-state index contributed by atoms with van der Waals surface area (Å²) in [5.74, 6) is -0.369. The predicted molar refractivity (Wildman–Crippen MR) is 85.6 cm³/mol. The fraction of sp³-hybridized carbons (Fsp3) is 0.533. The first kappa shape index (κ1) is 17.9. The molecule has 128 valence electrons. The van der Waals surface area contributed by atoms with Crippen LogP contribution >= 0.6 is 0 Å². The summed E-state index contributed by atoms with van der Waals surface area (Å²) in [5, 5.41) is 9.15. The van der Waals surface area contributed by atoms with E-state index in [0.717, 1.165) is 0 Å². The molecule has 1 amide bonds. The number of aliphatic hydroxyl groups excluding tert-OH is 1. The van der Waals surface area contributed by atoms with Gasteiger partial charge in [-0.25, -0.2) is 13.1 Å². The zero-order valence-corrected chi connectivity index (χ0v) is 13.8. The normalized spacial score (nSPS) is 20.3. The SMILES string of the molecule is CC(O)CNS(=O)(=O)CC1CN(C(=O)c2ccccc2)CCO1. The molecule has 1 saturated heterocycles. The van der Waals surface area contributed by atoms with Gasteiger partial charge in [-0.1, -0.05) is 18.2 Å². The van der Waals surface area contributed by atoms with Crippen LogP contribution in [0.1, 0.15) is 17.3 Å². The first-order valence-electron chi connectivity index (χ1n) is 7.49. The lowest BCUT2D eigenvalue weighted by Crippen LogP contribution is -2.49. The molecule has 23 heavy (non-hydrogen) atoms. The molecule has 0 aromatic heterocycles. The molecule has 1 aromatic carbocycles. The van der Waals surface area contributed by atoms with Gasteiger partial charge < -0.3 is 14.7 Å². The maximum atomic E-state index is 12.4. The van der Waals surface area contributed by atoms with Gasteiger partial charge in [0.05, 0.1) is 24.6 Å². The molecule has 1 fully saturated rings. The van der Waals surface area contributed by atoms with Crippen molar-refractivity contribution in [3.05, 3.63) is 35.9 Å². The summed E-state index contributed by atoms with van der Waals surface area (Å²) in [6, 6.07) is 8.87. The van der Waals surface area contributed by atoms with Gasteiger partial charge in [0.1, 0.15) is 0 Å². The van der Waals surface area contributed by atoms with Crippen LogP contribution in [-0.2, 0) is 14.8 Å². The predicted octanol–water partition coefficient (Wildman–Crippen LogP) is -0.172. The van der Waals surface area contributed by atoms with E-state index >= 15 is 0 Å². The molecule has 8 heteroatoms. The number of nitrogens with one attached hydrogen (secondary N) is 1. The largest absolute Gasteiger partial charge is 0.392 e. The molecule has 0 bridgehead atoms. The van der Waals surface area contributed by atoms with Crippen LogP contribution in [0.15, 0.2) is 30.3 Å². The highest BCUT2D eigenvalue weighted by atomic mass is 32.2. The van der Waals surface area contributed by atoms with Gasteiger partial charge >= 0.3 is 0 Å². The number of rotatable bonds is 6. The Morgan fingerprint density at radius 3 is 2.78 bits per heavy atom. The second-order valence-electron chi connectivity index (χ2n) is 5.59. The molecule has 0 radical (unpaired) electrons. The molecule has 1 heterocycles. The van der Waals surface area contributed by atoms with E-state index in [-0.39, 0.29) is 24.7 Å². The average Bonchev–Trinajstić information content (AvgIpc) is 2.53. The molecular formula is C15H22N2O5S. The number of hydrogen-bond donors (Lipinski definition) is 2. The number of benzene rings is 1. The van der Waals surface area contributed by atoms with E-state index in [1.54, 1.807) is 29.2 Å². The van der Waals surface area contributed by atoms with Gasteiger partial charge in [0.2, 0.25) is 10.0 Å². The van der Waals surface area contributed by atoms with E-state index in [1.807, 2.05) is 6.07 Å². The third kappa shape index (κ3) is 5.58. The Morgan fingerprint density at radius 1 is 1.43 bits per heavy atom. The minimum absolute atomic E-state index is 0.0400. The molecule has 1 aliphatic heterocycles. The fourth-order valence-electron chi connectivity index (χ4n) is 2.32. The molecule has 0 saturated carbocycles. The summed E-state index contributed by atoms with van der Waals surface area (Å²) in [7, 11) is -3.56. The molecule has 2 rings (SSSR count). The van der Waals surface area contributed by atoms with E-state index < -0.39 is 22.2 Å². The van der Waals surface area contributed by atoms with Gasteiger partial charge in [-0.2, -0.15) is 0 Å². The third-order valence-electron chi connectivity index (χ3n) is 3.45. The fourth-order valence-corrected chi connectivity index (χ4v) is 3.62.